The van der Waals surface area contributed by atoms with Crippen LogP contribution < -0.4 is 10.6 Å². The molecule has 132 valence electrons. The Hall–Kier alpha value is -1.74. The van der Waals surface area contributed by atoms with Crippen LogP contribution in [0.3, 0.4) is 0 Å². The predicted octanol–water partition coefficient (Wildman–Crippen LogP) is 1.54. The molecule has 2 saturated heterocycles. The van der Waals surface area contributed by atoms with Crippen molar-refractivity contribution in [3.63, 3.8) is 0 Å². The number of hydrogen-bond acceptors (Lipinski definition) is 5. The van der Waals surface area contributed by atoms with Crippen molar-refractivity contribution in [1.82, 2.24) is 0 Å². The third-order valence-corrected chi connectivity index (χ3v) is 6.19. The maximum Gasteiger partial charge on any atom is 0.414 e. The van der Waals surface area contributed by atoms with Crippen molar-refractivity contribution in [3.05, 3.63) is 29.3 Å². The van der Waals surface area contributed by atoms with Crippen molar-refractivity contribution < 1.29 is 26.7 Å². The number of nitrogens with two attached hydrogens (primary N) is 1. The SMILES string of the molecule is NCC1CN(c2cc(F)c(C3CCS(=O)(=O)CC3)c(F)c2)C(=O)O1. The van der Waals surface area contributed by atoms with Crippen LogP contribution in [0.2, 0.25) is 0 Å². The summed E-state index contributed by atoms with van der Waals surface area (Å²) >= 11 is 0. The zero-order chi connectivity index (χ0) is 17.5. The van der Waals surface area contributed by atoms with Gasteiger partial charge in [0, 0.05) is 12.1 Å². The normalized spacial score (nSPS) is 24.2. The molecule has 2 fully saturated rings. The first-order valence-corrected chi connectivity index (χ1v) is 9.50. The van der Waals surface area contributed by atoms with Gasteiger partial charge in [-0.15, -0.1) is 0 Å². The van der Waals surface area contributed by atoms with E-state index in [0.29, 0.717) is 0 Å². The summed E-state index contributed by atoms with van der Waals surface area (Å²) in [7, 11) is -3.11. The number of carbonyl (C=O) groups excluding carboxylic acids is 1. The Balaban J connectivity index is 1.86. The first-order chi connectivity index (χ1) is 11.3. The Labute approximate surface area is 138 Å². The number of nitrogens with zero attached hydrogens (tertiary/aromatic N) is 1. The van der Waals surface area contributed by atoms with Crippen molar-refractivity contribution in [3.8, 4) is 0 Å². The molecule has 0 aliphatic carbocycles. The number of anilines is 1. The van der Waals surface area contributed by atoms with Crippen molar-refractivity contribution in [2.75, 3.05) is 29.5 Å². The van der Waals surface area contributed by atoms with Gasteiger partial charge in [0.05, 0.1) is 23.7 Å². The first kappa shape index (κ1) is 17.1. The molecule has 9 heteroatoms. The molecule has 0 saturated carbocycles. The Bertz CT molecular complexity index is 732. The fourth-order valence-electron chi connectivity index (χ4n) is 3.15. The molecule has 1 unspecified atom stereocenters. The monoisotopic (exact) mass is 360 g/mol. The van der Waals surface area contributed by atoms with Crippen molar-refractivity contribution in [2.45, 2.75) is 24.9 Å². The highest BCUT2D eigenvalue weighted by atomic mass is 32.2. The number of halogens is 2. The average Bonchev–Trinajstić information content (AvgIpc) is 2.89. The third-order valence-electron chi connectivity index (χ3n) is 4.48. The highest BCUT2D eigenvalue weighted by Gasteiger charge is 2.34. The Morgan fingerprint density at radius 2 is 1.79 bits per heavy atom. The number of sulfone groups is 1. The van der Waals surface area contributed by atoms with E-state index in [2.05, 4.69) is 0 Å². The van der Waals surface area contributed by atoms with E-state index in [1.807, 2.05) is 0 Å². The molecular formula is C15H18F2N2O4S. The summed E-state index contributed by atoms with van der Waals surface area (Å²) in [6.07, 6.45) is -0.819. The molecule has 2 N–H and O–H groups in total. The van der Waals surface area contributed by atoms with Gasteiger partial charge < -0.3 is 10.5 Å². The minimum absolute atomic E-state index is 0.0677. The van der Waals surface area contributed by atoms with Crippen LogP contribution in [0.1, 0.15) is 24.3 Å². The molecule has 0 spiro atoms. The highest BCUT2D eigenvalue weighted by molar-refractivity contribution is 7.91. The molecule has 1 aromatic carbocycles. The molecule has 0 bridgehead atoms. The van der Waals surface area contributed by atoms with Crippen molar-refractivity contribution in [2.24, 2.45) is 5.73 Å². The van der Waals surface area contributed by atoms with Gasteiger partial charge in [-0.05, 0) is 30.9 Å². The summed E-state index contributed by atoms with van der Waals surface area (Å²) in [5, 5.41) is 0. The Kier molecular flexibility index (Phi) is 4.48. The summed E-state index contributed by atoms with van der Waals surface area (Å²) in [6, 6.07) is 2.17. The van der Waals surface area contributed by atoms with Crippen LogP contribution in [0.5, 0.6) is 0 Å². The molecule has 0 radical (unpaired) electrons. The smallest absolute Gasteiger partial charge is 0.414 e. The summed E-state index contributed by atoms with van der Waals surface area (Å²) < 4.78 is 56.8. The van der Waals surface area contributed by atoms with E-state index < -0.39 is 39.6 Å². The lowest BCUT2D eigenvalue weighted by Crippen LogP contribution is -2.28. The summed E-state index contributed by atoms with van der Waals surface area (Å²) in [6.45, 7) is 0.261. The van der Waals surface area contributed by atoms with Crippen LogP contribution in [0, 0.1) is 11.6 Å². The standard InChI is InChI=1S/C15H18F2N2O4S/c16-12-5-10(19-8-11(7-18)23-15(19)20)6-13(17)14(12)9-1-3-24(21,22)4-2-9/h5-6,9,11H,1-4,7-8,18H2. The summed E-state index contributed by atoms with van der Waals surface area (Å²) in [5.74, 6) is -2.19. The minimum atomic E-state index is -3.11. The third kappa shape index (κ3) is 3.23. The average molecular weight is 360 g/mol. The maximum atomic E-state index is 14.5. The number of amides is 1. The van der Waals surface area contributed by atoms with Crippen LogP contribution in [0.4, 0.5) is 19.3 Å². The summed E-state index contributed by atoms with van der Waals surface area (Å²) in [4.78, 5) is 12.9. The van der Waals surface area contributed by atoms with Gasteiger partial charge in [0.15, 0.2) is 0 Å². The molecule has 3 rings (SSSR count). The predicted molar refractivity (Wildman–Crippen MR) is 83.7 cm³/mol. The van der Waals surface area contributed by atoms with Gasteiger partial charge >= 0.3 is 6.09 Å². The largest absolute Gasteiger partial charge is 0.443 e. The van der Waals surface area contributed by atoms with E-state index in [9.17, 15) is 22.0 Å². The van der Waals surface area contributed by atoms with Gasteiger partial charge in [0.25, 0.3) is 0 Å². The molecule has 24 heavy (non-hydrogen) atoms. The summed E-state index contributed by atoms with van der Waals surface area (Å²) in [5.41, 5.74) is 5.39. The van der Waals surface area contributed by atoms with E-state index in [0.717, 1.165) is 17.0 Å². The van der Waals surface area contributed by atoms with Crippen LogP contribution in [0.25, 0.3) is 0 Å². The van der Waals surface area contributed by atoms with Gasteiger partial charge in [-0.2, -0.15) is 0 Å². The van der Waals surface area contributed by atoms with Crippen LogP contribution in [-0.2, 0) is 14.6 Å². The number of carbonyl (C=O) groups is 1. The lowest BCUT2D eigenvalue weighted by molar-refractivity contribution is 0.145. The topological polar surface area (TPSA) is 89.7 Å². The van der Waals surface area contributed by atoms with Gasteiger partial charge in [-0.1, -0.05) is 0 Å². The molecule has 1 atom stereocenters. The molecule has 1 aromatic rings. The van der Waals surface area contributed by atoms with Crippen LogP contribution in [-0.4, -0.2) is 45.2 Å². The van der Waals surface area contributed by atoms with Gasteiger partial charge in [0.2, 0.25) is 0 Å². The molecule has 0 aromatic heterocycles. The van der Waals surface area contributed by atoms with Crippen LogP contribution in [0.15, 0.2) is 12.1 Å². The van der Waals surface area contributed by atoms with Crippen molar-refractivity contribution in [1.29, 1.82) is 0 Å². The number of benzene rings is 1. The maximum absolute atomic E-state index is 14.5. The van der Waals surface area contributed by atoms with E-state index in [1.165, 1.54) is 0 Å². The van der Waals surface area contributed by atoms with E-state index in [4.69, 9.17) is 10.5 Å². The lowest BCUT2D eigenvalue weighted by atomic mass is 9.92. The van der Waals surface area contributed by atoms with Gasteiger partial charge in [-0.3, -0.25) is 4.90 Å². The second kappa shape index (κ2) is 6.29. The molecular weight excluding hydrogens is 342 g/mol. The van der Waals surface area contributed by atoms with E-state index in [-0.39, 0.29) is 48.7 Å². The fourth-order valence-corrected chi connectivity index (χ4v) is 4.64. The quantitative estimate of drug-likeness (QED) is 0.883. The zero-order valence-electron chi connectivity index (χ0n) is 12.9. The number of rotatable bonds is 3. The fraction of sp³-hybridized carbons (Fsp3) is 0.533. The highest BCUT2D eigenvalue weighted by Crippen LogP contribution is 2.35. The van der Waals surface area contributed by atoms with Gasteiger partial charge in [0.1, 0.15) is 27.6 Å². The Morgan fingerprint density at radius 3 is 2.29 bits per heavy atom. The first-order valence-electron chi connectivity index (χ1n) is 7.68. The molecule has 2 aliphatic heterocycles. The number of cyclic esters (lactones) is 1. The second-order valence-electron chi connectivity index (χ2n) is 6.10. The number of hydrogen-bond donors (Lipinski definition) is 1. The second-order valence-corrected chi connectivity index (χ2v) is 8.40. The molecule has 6 nitrogen and oxygen atoms in total. The number of ether oxygens (including phenoxy) is 1. The lowest BCUT2D eigenvalue weighted by Gasteiger charge is -2.24. The Morgan fingerprint density at radius 1 is 1.21 bits per heavy atom. The van der Waals surface area contributed by atoms with E-state index >= 15 is 0 Å². The molecule has 1 amide bonds. The minimum Gasteiger partial charge on any atom is -0.443 e. The van der Waals surface area contributed by atoms with E-state index in [1.54, 1.807) is 0 Å². The molecule has 2 heterocycles. The van der Waals surface area contributed by atoms with Gasteiger partial charge in [-0.25, -0.2) is 22.0 Å². The zero-order valence-corrected chi connectivity index (χ0v) is 13.7. The van der Waals surface area contributed by atoms with Crippen molar-refractivity contribution >= 4 is 21.6 Å². The molecule has 2 aliphatic rings. The van der Waals surface area contributed by atoms with Crippen LogP contribution >= 0.6 is 0 Å².